The van der Waals surface area contributed by atoms with Gasteiger partial charge in [-0.05, 0) is 6.07 Å². The van der Waals surface area contributed by atoms with Gasteiger partial charge in [-0.2, -0.15) is 5.10 Å². The molecule has 19 heavy (non-hydrogen) atoms. The molecule has 0 bridgehead atoms. The number of aryl methyl sites for hydroxylation is 1. The fraction of sp³-hybridized carbons (Fsp3) is 0.273. The normalized spacial score (nSPS) is 10.4. The number of aliphatic hydroxyl groups is 1. The first-order valence-corrected chi connectivity index (χ1v) is 5.62. The minimum absolute atomic E-state index is 0.0912. The quantitative estimate of drug-likeness (QED) is 0.763. The van der Waals surface area contributed by atoms with Crippen LogP contribution in [0.5, 0.6) is 0 Å². The summed E-state index contributed by atoms with van der Waals surface area (Å²) in [7, 11) is 1.62. The lowest BCUT2D eigenvalue weighted by Gasteiger charge is -2.19. The first-order chi connectivity index (χ1) is 9.13. The molecule has 0 spiro atoms. The van der Waals surface area contributed by atoms with Gasteiger partial charge >= 0.3 is 0 Å². The van der Waals surface area contributed by atoms with E-state index in [1.165, 1.54) is 28.0 Å². The van der Waals surface area contributed by atoms with Gasteiger partial charge in [-0.25, -0.2) is 9.97 Å². The van der Waals surface area contributed by atoms with Crippen molar-refractivity contribution in [1.29, 1.82) is 0 Å². The molecule has 0 aliphatic heterocycles. The Hall–Kier alpha value is -2.48. The van der Waals surface area contributed by atoms with Gasteiger partial charge in [-0.15, -0.1) is 0 Å². The van der Waals surface area contributed by atoms with Crippen molar-refractivity contribution in [2.24, 2.45) is 7.05 Å². The third-order valence-electron chi connectivity index (χ3n) is 2.48. The number of carbonyl (C=O) groups is 1. The standard InChI is InChI=1S/C11H14N6O2/c1-16-8(7-9(12)15-16)10(19)17(5-6-18)11-13-3-2-4-14-11/h2-4,7,18H,5-6H2,1H3,(H2,12,15). The topological polar surface area (TPSA) is 110 Å². The van der Waals surface area contributed by atoms with Crippen LogP contribution in [0.15, 0.2) is 24.5 Å². The third-order valence-corrected chi connectivity index (χ3v) is 2.48. The van der Waals surface area contributed by atoms with Crippen LogP contribution in [0.3, 0.4) is 0 Å². The van der Waals surface area contributed by atoms with Gasteiger partial charge in [0.05, 0.1) is 13.2 Å². The molecule has 0 fully saturated rings. The highest BCUT2D eigenvalue weighted by Crippen LogP contribution is 2.12. The van der Waals surface area contributed by atoms with E-state index in [2.05, 4.69) is 15.1 Å². The molecule has 3 N–H and O–H groups in total. The van der Waals surface area contributed by atoms with Crippen LogP contribution in [0.2, 0.25) is 0 Å². The Morgan fingerprint density at radius 2 is 2.16 bits per heavy atom. The average Bonchev–Trinajstić information content (AvgIpc) is 2.75. The maximum Gasteiger partial charge on any atom is 0.279 e. The molecule has 100 valence electrons. The van der Waals surface area contributed by atoms with Gasteiger partial charge in [-0.1, -0.05) is 0 Å². The van der Waals surface area contributed by atoms with Gasteiger partial charge in [0, 0.05) is 25.5 Å². The predicted molar refractivity (Wildman–Crippen MR) is 68.4 cm³/mol. The van der Waals surface area contributed by atoms with Crippen molar-refractivity contribution >= 4 is 17.7 Å². The number of anilines is 2. The van der Waals surface area contributed by atoms with Crippen LogP contribution in [0.4, 0.5) is 11.8 Å². The minimum Gasteiger partial charge on any atom is -0.395 e. The zero-order chi connectivity index (χ0) is 13.8. The zero-order valence-corrected chi connectivity index (χ0v) is 10.4. The highest BCUT2D eigenvalue weighted by Gasteiger charge is 2.22. The molecule has 8 nitrogen and oxygen atoms in total. The summed E-state index contributed by atoms with van der Waals surface area (Å²) in [5, 5.41) is 13.0. The number of rotatable bonds is 4. The minimum atomic E-state index is -0.369. The first kappa shape index (κ1) is 13.0. The monoisotopic (exact) mass is 262 g/mol. The Morgan fingerprint density at radius 1 is 1.47 bits per heavy atom. The number of aromatic nitrogens is 4. The Kier molecular flexibility index (Phi) is 3.71. The molecule has 2 rings (SSSR count). The molecular weight excluding hydrogens is 248 g/mol. The molecule has 0 aliphatic carbocycles. The molecule has 0 radical (unpaired) electrons. The Morgan fingerprint density at radius 3 is 2.68 bits per heavy atom. The number of hydrogen-bond donors (Lipinski definition) is 2. The van der Waals surface area contributed by atoms with E-state index in [9.17, 15) is 4.79 Å². The first-order valence-electron chi connectivity index (χ1n) is 5.62. The van der Waals surface area contributed by atoms with E-state index in [1.807, 2.05) is 0 Å². The van der Waals surface area contributed by atoms with Gasteiger partial charge in [0.1, 0.15) is 11.5 Å². The van der Waals surface area contributed by atoms with Gasteiger partial charge in [0.15, 0.2) is 0 Å². The lowest BCUT2D eigenvalue weighted by atomic mass is 10.3. The van der Waals surface area contributed by atoms with Crippen LogP contribution < -0.4 is 10.6 Å². The van der Waals surface area contributed by atoms with E-state index in [0.29, 0.717) is 5.69 Å². The molecule has 0 aliphatic rings. The fourth-order valence-electron chi connectivity index (χ4n) is 1.65. The van der Waals surface area contributed by atoms with Gasteiger partial charge < -0.3 is 10.8 Å². The Labute approximate surface area is 109 Å². The average molecular weight is 262 g/mol. The zero-order valence-electron chi connectivity index (χ0n) is 10.4. The number of carbonyl (C=O) groups excluding carboxylic acids is 1. The molecule has 2 aromatic rings. The summed E-state index contributed by atoms with van der Waals surface area (Å²) in [5.41, 5.74) is 5.85. The number of aliphatic hydroxyl groups excluding tert-OH is 1. The highest BCUT2D eigenvalue weighted by atomic mass is 16.3. The van der Waals surface area contributed by atoms with Crippen molar-refractivity contribution in [3.05, 3.63) is 30.2 Å². The molecule has 2 aromatic heterocycles. The molecule has 2 heterocycles. The second-order valence-corrected chi connectivity index (χ2v) is 3.81. The van der Waals surface area contributed by atoms with Crippen molar-refractivity contribution < 1.29 is 9.90 Å². The van der Waals surface area contributed by atoms with Crippen molar-refractivity contribution in [3.63, 3.8) is 0 Å². The van der Waals surface area contributed by atoms with E-state index in [-0.39, 0.29) is 30.8 Å². The van der Waals surface area contributed by atoms with Crippen LogP contribution in [-0.2, 0) is 7.05 Å². The third kappa shape index (κ3) is 2.68. The summed E-state index contributed by atoms with van der Waals surface area (Å²) in [5.74, 6) is 0.108. The van der Waals surface area contributed by atoms with E-state index in [4.69, 9.17) is 10.8 Å². The highest BCUT2D eigenvalue weighted by molar-refractivity contribution is 6.04. The maximum atomic E-state index is 12.4. The number of nitrogen functional groups attached to an aromatic ring is 1. The van der Waals surface area contributed by atoms with E-state index in [1.54, 1.807) is 13.1 Å². The lowest BCUT2D eigenvalue weighted by molar-refractivity contribution is 0.0970. The SMILES string of the molecule is Cn1nc(N)cc1C(=O)N(CCO)c1ncccn1. The molecule has 0 unspecified atom stereocenters. The molecule has 1 amide bonds. The van der Waals surface area contributed by atoms with Crippen molar-refractivity contribution in [2.45, 2.75) is 0 Å². The number of amides is 1. The summed E-state index contributed by atoms with van der Waals surface area (Å²) >= 11 is 0. The summed E-state index contributed by atoms with van der Waals surface area (Å²) in [6.45, 7) is -0.106. The summed E-state index contributed by atoms with van der Waals surface area (Å²) in [6, 6.07) is 3.11. The van der Waals surface area contributed by atoms with Crippen molar-refractivity contribution in [1.82, 2.24) is 19.7 Å². The molecule has 0 atom stereocenters. The van der Waals surface area contributed by atoms with Crippen LogP contribution in [-0.4, -0.2) is 43.9 Å². The van der Waals surface area contributed by atoms with Crippen LogP contribution >= 0.6 is 0 Å². The number of nitrogens with zero attached hydrogens (tertiary/aromatic N) is 5. The number of nitrogens with two attached hydrogens (primary N) is 1. The van der Waals surface area contributed by atoms with Gasteiger partial charge in [0.2, 0.25) is 5.95 Å². The largest absolute Gasteiger partial charge is 0.395 e. The molecule has 0 aromatic carbocycles. The van der Waals surface area contributed by atoms with Crippen LogP contribution in [0, 0.1) is 0 Å². The number of hydrogen-bond acceptors (Lipinski definition) is 6. The summed E-state index contributed by atoms with van der Waals surface area (Å²) in [4.78, 5) is 21.7. The summed E-state index contributed by atoms with van der Waals surface area (Å²) < 4.78 is 1.38. The smallest absolute Gasteiger partial charge is 0.279 e. The summed E-state index contributed by atoms with van der Waals surface area (Å²) in [6.07, 6.45) is 3.05. The van der Waals surface area contributed by atoms with Crippen molar-refractivity contribution in [3.8, 4) is 0 Å². The molecule has 0 saturated carbocycles. The fourth-order valence-corrected chi connectivity index (χ4v) is 1.65. The predicted octanol–water partition coefficient (Wildman–Crippen LogP) is -0.569. The molecular formula is C11H14N6O2. The Balaban J connectivity index is 2.34. The molecule has 0 saturated heterocycles. The molecule has 8 heteroatoms. The van der Waals surface area contributed by atoms with Gasteiger partial charge in [0.25, 0.3) is 5.91 Å². The second kappa shape index (κ2) is 5.44. The van der Waals surface area contributed by atoms with Gasteiger partial charge in [-0.3, -0.25) is 14.4 Å². The maximum absolute atomic E-state index is 12.4. The van der Waals surface area contributed by atoms with Crippen LogP contribution in [0.25, 0.3) is 0 Å². The van der Waals surface area contributed by atoms with E-state index >= 15 is 0 Å². The second-order valence-electron chi connectivity index (χ2n) is 3.81. The van der Waals surface area contributed by atoms with Crippen LogP contribution in [0.1, 0.15) is 10.5 Å². The van der Waals surface area contributed by atoms with E-state index in [0.717, 1.165) is 0 Å². The lowest BCUT2D eigenvalue weighted by Crippen LogP contribution is -2.36. The Bertz CT molecular complexity index is 568. The van der Waals surface area contributed by atoms with Crippen molar-refractivity contribution in [2.75, 3.05) is 23.8 Å². The van der Waals surface area contributed by atoms with E-state index < -0.39 is 0 Å².